The molecule has 0 aliphatic carbocycles. The van der Waals surface area contributed by atoms with Crippen LogP contribution in [0.3, 0.4) is 0 Å². The molecule has 7 heteroatoms. The summed E-state index contributed by atoms with van der Waals surface area (Å²) in [6, 6.07) is -0.260. The summed E-state index contributed by atoms with van der Waals surface area (Å²) in [6.45, 7) is 7.90. The van der Waals surface area contributed by atoms with E-state index in [2.05, 4.69) is 15.5 Å². The van der Waals surface area contributed by atoms with Gasteiger partial charge in [0.25, 0.3) is 5.91 Å². The normalized spacial score (nSPS) is 25.7. The topological polar surface area (TPSA) is 64.7 Å². The Morgan fingerprint density at radius 2 is 2.05 bits per heavy atom. The first-order chi connectivity index (χ1) is 9.44. The van der Waals surface area contributed by atoms with Crippen molar-refractivity contribution in [1.29, 1.82) is 0 Å². The van der Waals surface area contributed by atoms with E-state index in [1.54, 1.807) is 13.8 Å². The largest absolute Gasteiger partial charge is 0.325 e. The molecule has 0 aromatic rings. The lowest BCUT2D eigenvalue weighted by atomic mass is 9.98. The Morgan fingerprint density at radius 1 is 1.33 bits per heavy atom. The van der Waals surface area contributed by atoms with Gasteiger partial charge in [0.1, 0.15) is 5.54 Å². The molecule has 122 valence electrons. The molecule has 1 atom stereocenters. The second-order valence-corrected chi connectivity index (χ2v) is 6.38. The third kappa shape index (κ3) is 4.31. The zero-order chi connectivity index (χ0) is 14.8. The Hall–Kier alpha value is -0.850. The molecular weight excluding hydrogens is 292 g/mol. The summed E-state index contributed by atoms with van der Waals surface area (Å²) in [5, 5.41) is 5.94. The van der Waals surface area contributed by atoms with Crippen LogP contribution >= 0.6 is 12.4 Å². The molecule has 2 N–H and O–H groups in total. The molecule has 6 nitrogen and oxygen atoms in total. The van der Waals surface area contributed by atoms with Crippen LogP contribution in [-0.2, 0) is 4.79 Å². The fraction of sp³-hybridized carbons (Fsp3) is 0.857. The van der Waals surface area contributed by atoms with Gasteiger partial charge in [-0.1, -0.05) is 0 Å². The number of likely N-dealkylation sites (tertiary alicyclic amines) is 1. The SMILES string of the molecule is CNCC1CCCN(CCN2C(=O)NC(C)(C)C2=O)C1.Cl. The summed E-state index contributed by atoms with van der Waals surface area (Å²) in [5.41, 5.74) is -0.756. The van der Waals surface area contributed by atoms with Crippen LogP contribution < -0.4 is 10.6 Å². The fourth-order valence-corrected chi connectivity index (χ4v) is 3.07. The highest BCUT2D eigenvalue weighted by atomic mass is 35.5. The molecule has 2 heterocycles. The molecule has 2 fully saturated rings. The molecule has 0 radical (unpaired) electrons. The van der Waals surface area contributed by atoms with Crippen LogP contribution in [0.1, 0.15) is 26.7 Å². The summed E-state index contributed by atoms with van der Waals surface area (Å²) in [7, 11) is 1.98. The summed E-state index contributed by atoms with van der Waals surface area (Å²) in [6.07, 6.45) is 2.45. The Kier molecular flexibility index (Phi) is 6.43. The molecule has 0 spiro atoms. The van der Waals surface area contributed by atoms with Crippen LogP contribution in [0.4, 0.5) is 4.79 Å². The van der Waals surface area contributed by atoms with Gasteiger partial charge in [0.05, 0.1) is 0 Å². The zero-order valence-corrected chi connectivity index (χ0v) is 14.0. The average molecular weight is 319 g/mol. The predicted molar refractivity (Wildman–Crippen MR) is 84.7 cm³/mol. The van der Waals surface area contributed by atoms with Gasteiger partial charge in [0.2, 0.25) is 0 Å². The summed E-state index contributed by atoms with van der Waals surface area (Å²) in [5.74, 6) is 0.555. The first-order valence-electron chi connectivity index (χ1n) is 7.45. The molecule has 21 heavy (non-hydrogen) atoms. The minimum atomic E-state index is -0.756. The second kappa shape index (κ2) is 7.42. The van der Waals surface area contributed by atoms with Gasteiger partial charge in [-0.25, -0.2) is 4.79 Å². The number of piperidine rings is 1. The van der Waals surface area contributed by atoms with Crippen molar-refractivity contribution in [3.8, 4) is 0 Å². The maximum Gasteiger partial charge on any atom is 0.325 e. The molecule has 3 amide bonds. The smallest absolute Gasteiger partial charge is 0.324 e. The summed E-state index contributed by atoms with van der Waals surface area (Å²) < 4.78 is 0. The van der Waals surface area contributed by atoms with Crippen LogP contribution in [0.2, 0.25) is 0 Å². The van der Waals surface area contributed by atoms with E-state index in [1.165, 1.54) is 17.7 Å². The Balaban J connectivity index is 0.00000220. The molecule has 2 saturated heterocycles. The fourth-order valence-electron chi connectivity index (χ4n) is 3.07. The van der Waals surface area contributed by atoms with E-state index in [9.17, 15) is 9.59 Å². The standard InChI is InChI=1S/C14H26N4O2.ClH/c1-14(2)12(19)18(13(20)16-14)8-7-17-6-4-5-11(10-17)9-15-3;/h11,15H,4-10H2,1-3H3,(H,16,20);1H. The number of carbonyl (C=O) groups is 2. The molecule has 2 aliphatic heterocycles. The molecule has 1 unspecified atom stereocenters. The molecule has 2 aliphatic rings. The number of halogens is 1. The lowest BCUT2D eigenvalue weighted by Crippen LogP contribution is -2.45. The highest BCUT2D eigenvalue weighted by molar-refractivity contribution is 6.06. The van der Waals surface area contributed by atoms with Crippen LogP contribution in [0, 0.1) is 5.92 Å². The quantitative estimate of drug-likeness (QED) is 0.731. The lowest BCUT2D eigenvalue weighted by Gasteiger charge is -2.33. The number of urea groups is 1. The summed E-state index contributed by atoms with van der Waals surface area (Å²) >= 11 is 0. The van der Waals surface area contributed by atoms with Crippen LogP contribution in [0.5, 0.6) is 0 Å². The molecule has 0 saturated carbocycles. The lowest BCUT2D eigenvalue weighted by molar-refractivity contribution is -0.130. The molecular formula is C14H27ClN4O2. The van der Waals surface area contributed by atoms with E-state index in [0.29, 0.717) is 12.5 Å². The number of rotatable bonds is 5. The van der Waals surface area contributed by atoms with Crippen molar-refractivity contribution in [3.05, 3.63) is 0 Å². The van der Waals surface area contributed by atoms with Gasteiger partial charge in [-0.15, -0.1) is 12.4 Å². The van der Waals surface area contributed by atoms with Gasteiger partial charge in [0, 0.05) is 19.6 Å². The van der Waals surface area contributed by atoms with Crippen molar-refractivity contribution in [1.82, 2.24) is 20.4 Å². The number of imide groups is 1. The van der Waals surface area contributed by atoms with Crippen molar-refractivity contribution in [2.24, 2.45) is 5.92 Å². The first-order valence-corrected chi connectivity index (χ1v) is 7.45. The highest BCUT2D eigenvalue weighted by Crippen LogP contribution is 2.18. The van der Waals surface area contributed by atoms with E-state index in [4.69, 9.17) is 0 Å². The van der Waals surface area contributed by atoms with Crippen LogP contribution in [-0.4, -0.2) is 67.0 Å². The number of hydrogen-bond acceptors (Lipinski definition) is 4. The van der Waals surface area contributed by atoms with Crippen molar-refractivity contribution >= 4 is 24.3 Å². The molecule has 2 rings (SSSR count). The van der Waals surface area contributed by atoms with Crippen molar-refractivity contribution in [2.45, 2.75) is 32.2 Å². The first kappa shape index (κ1) is 18.2. The Labute approximate surface area is 133 Å². The van der Waals surface area contributed by atoms with Crippen LogP contribution in [0.25, 0.3) is 0 Å². The Morgan fingerprint density at radius 3 is 2.62 bits per heavy atom. The van der Waals surface area contributed by atoms with Gasteiger partial charge in [-0.05, 0) is 52.7 Å². The average Bonchev–Trinajstić information content (AvgIpc) is 2.57. The monoisotopic (exact) mass is 318 g/mol. The Bertz CT molecular complexity index is 387. The minimum absolute atomic E-state index is 0. The maximum atomic E-state index is 12.1. The van der Waals surface area contributed by atoms with E-state index in [1.807, 2.05) is 7.05 Å². The van der Waals surface area contributed by atoms with Gasteiger partial charge in [0.15, 0.2) is 0 Å². The van der Waals surface area contributed by atoms with E-state index in [-0.39, 0.29) is 24.3 Å². The van der Waals surface area contributed by atoms with Gasteiger partial charge in [-0.3, -0.25) is 9.69 Å². The number of hydrogen-bond donors (Lipinski definition) is 2. The van der Waals surface area contributed by atoms with Crippen molar-refractivity contribution < 1.29 is 9.59 Å². The van der Waals surface area contributed by atoms with E-state index in [0.717, 1.165) is 26.2 Å². The number of amides is 3. The van der Waals surface area contributed by atoms with Gasteiger partial charge in [-0.2, -0.15) is 0 Å². The zero-order valence-electron chi connectivity index (χ0n) is 13.1. The predicted octanol–water partition coefficient (Wildman–Crippen LogP) is 0.670. The molecule has 0 aromatic carbocycles. The summed E-state index contributed by atoms with van der Waals surface area (Å²) in [4.78, 5) is 27.6. The van der Waals surface area contributed by atoms with E-state index < -0.39 is 5.54 Å². The number of nitrogens with one attached hydrogen (secondary N) is 2. The highest BCUT2D eigenvalue weighted by Gasteiger charge is 2.44. The third-order valence-electron chi connectivity index (χ3n) is 4.18. The number of carbonyl (C=O) groups excluding carboxylic acids is 2. The van der Waals surface area contributed by atoms with E-state index >= 15 is 0 Å². The maximum absolute atomic E-state index is 12.1. The molecule has 0 aromatic heterocycles. The van der Waals surface area contributed by atoms with Crippen molar-refractivity contribution in [3.63, 3.8) is 0 Å². The minimum Gasteiger partial charge on any atom is -0.324 e. The van der Waals surface area contributed by atoms with Crippen LogP contribution in [0.15, 0.2) is 0 Å². The van der Waals surface area contributed by atoms with Crippen molar-refractivity contribution in [2.75, 3.05) is 39.8 Å². The third-order valence-corrected chi connectivity index (χ3v) is 4.18. The second-order valence-electron chi connectivity index (χ2n) is 6.38. The number of nitrogens with zero attached hydrogens (tertiary/aromatic N) is 2. The molecule has 0 bridgehead atoms. The van der Waals surface area contributed by atoms with Gasteiger partial charge >= 0.3 is 6.03 Å². The van der Waals surface area contributed by atoms with Gasteiger partial charge < -0.3 is 15.5 Å².